The van der Waals surface area contributed by atoms with Crippen LogP contribution in [0, 0.1) is 5.41 Å². The van der Waals surface area contributed by atoms with Gasteiger partial charge in [-0.1, -0.05) is 115 Å². The molecule has 27 nitrogen and oxygen atoms in total. The molecule has 2 unspecified atom stereocenters. The van der Waals surface area contributed by atoms with Crippen LogP contribution in [0.25, 0.3) is 10.9 Å². The average molecular weight is 1370 g/mol. The van der Waals surface area contributed by atoms with E-state index in [-0.39, 0.29) is 56.7 Å². The van der Waals surface area contributed by atoms with Gasteiger partial charge >= 0.3 is 5.97 Å². The van der Waals surface area contributed by atoms with Crippen molar-refractivity contribution < 1.29 is 73.1 Å². The molecule has 0 saturated heterocycles. The lowest BCUT2D eigenvalue weighted by atomic mass is 9.88. The molecule has 0 radical (unpaired) electrons. The minimum absolute atomic E-state index is 0.0356. The Morgan fingerprint density at radius 2 is 1.18 bits per heavy atom. The number of hydrogen-bond acceptors (Lipinski definition) is 18. The number of aromatic nitrogens is 1. The van der Waals surface area contributed by atoms with E-state index in [4.69, 9.17) is 33.2 Å². The van der Waals surface area contributed by atoms with Crippen LogP contribution in [0.5, 0.6) is 5.75 Å². The van der Waals surface area contributed by atoms with E-state index in [1.54, 1.807) is 60.8 Å². The number of carbonyl (C=O) groups is 9. The minimum Gasteiger partial charge on any atom is -0.508 e. The zero-order valence-electron chi connectivity index (χ0n) is 53.6. The number of benzene rings is 4. The van der Waals surface area contributed by atoms with Crippen molar-refractivity contribution in [3.05, 3.63) is 132 Å². The number of hydrogen-bond donors (Lipinski definition) is 16. The molecule has 8 amide bonds. The lowest BCUT2D eigenvalue weighted by Crippen LogP contribution is -2.59. The highest BCUT2D eigenvalue weighted by Gasteiger charge is 2.37. The standard InChI is InChI=1S/C65H88N12O15S3/c1-38(78)31-52(81)75-61(60(88)76-54(39(2)79)63(89)90)94-95-62(77-58(86)49(32-40-13-7-6-8-14-40)71-53(82)37-92-30-29-91-28-27-68-64(93)70-44-22-18-42(19-23-44)35-65(3,4)5)59(87)74-50(33-41-20-24-45(80)25-21-41)56(84)73-51(34-43-36-69-47-16-10-9-15-46(43)47)57(85)72-48(55(67)83)17-11-12-26-66/h6-10,13-16,18-25,36,38-39,48-51,54,61-62,69,78-80H,11-12,17,26-35,37,66H2,1-5H3,(H2,67,83)(H,71,82)(H,72,85)(H,73,84)(H,74,87)(H,75,81)(H,76,88)(H,77,86)(H,89,90)(H2,68,70,93)/t38?,39?,48-,49+,50-,51+,54-,61-,62-/m0/s1. The topological polar surface area (TPSA) is 429 Å². The number of H-pyrrole nitrogens is 1. The number of aromatic amines is 1. The highest BCUT2D eigenvalue weighted by atomic mass is 33.1. The summed E-state index contributed by atoms with van der Waals surface area (Å²) in [7, 11) is 0.881. The SMILES string of the molecule is CC(O)CC(=O)N[C@@H](SS[C@H](NC(=O)[C@@H](Cc1ccccc1)NC(=O)COCCOCCNC(=S)Nc1ccc(CC(C)(C)C)cc1)C(=O)N[C@@H](Cc1ccc(O)cc1)C(=O)N[C@H](Cc1c[nH]c2ccccc12)C(=O)N[C@@H](CCCCN)C(N)=O)C(=O)N[C@H](C(=O)O)C(C)O. The maximum absolute atomic E-state index is 15.1. The number of carboxylic acids is 1. The van der Waals surface area contributed by atoms with Gasteiger partial charge in [0.25, 0.3) is 11.8 Å². The van der Waals surface area contributed by atoms with Crippen LogP contribution in [0.3, 0.4) is 0 Å². The summed E-state index contributed by atoms with van der Waals surface area (Å²) in [4.78, 5) is 128. The maximum Gasteiger partial charge on any atom is 0.328 e. The van der Waals surface area contributed by atoms with E-state index < -0.39 is 119 Å². The number of carbonyl (C=O) groups excluding carboxylic acids is 8. The number of aromatic hydroxyl groups is 1. The third-order valence-electron chi connectivity index (χ3n) is 14.2. The van der Waals surface area contributed by atoms with Crippen LogP contribution < -0.4 is 59.3 Å². The number of aliphatic carboxylic acids is 1. The fourth-order valence-corrected chi connectivity index (χ4v) is 12.1. The van der Waals surface area contributed by atoms with E-state index in [2.05, 4.69) is 73.6 Å². The molecule has 0 aliphatic rings. The molecule has 5 aromatic rings. The largest absolute Gasteiger partial charge is 0.508 e. The van der Waals surface area contributed by atoms with Crippen molar-refractivity contribution in [1.82, 2.24) is 47.5 Å². The van der Waals surface area contributed by atoms with E-state index in [0.29, 0.717) is 80.2 Å². The number of amides is 8. The second-order valence-electron chi connectivity index (χ2n) is 23.7. The number of carboxylic acid groups (broad SMARTS) is 1. The van der Waals surface area contributed by atoms with Crippen LogP contribution >= 0.6 is 33.8 Å². The molecule has 5 rings (SSSR count). The van der Waals surface area contributed by atoms with E-state index >= 15 is 4.79 Å². The van der Waals surface area contributed by atoms with E-state index in [9.17, 15) is 58.8 Å². The van der Waals surface area contributed by atoms with Crippen molar-refractivity contribution in [2.45, 2.75) is 139 Å². The fourth-order valence-electron chi connectivity index (χ4n) is 9.49. The smallest absolute Gasteiger partial charge is 0.328 e. The normalized spacial score (nSPS) is 14.2. The number of thiocarbonyl (C=S) groups is 1. The summed E-state index contributed by atoms with van der Waals surface area (Å²) in [5, 5.41) is 61.8. The molecule has 1 heterocycles. The monoisotopic (exact) mass is 1370 g/mol. The Hall–Kier alpha value is -8.36. The van der Waals surface area contributed by atoms with E-state index in [0.717, 1.165) is 19.0 Å². The highest BCUT2D eigenvalue weighted by molar-refractivity contribution is 8.77. The van der Waals surface area contributed by atoms with Gasteiger partial charge in [0.05, 0.1) is 38.4 Å². The van der Waals surface area contributed by atoms with Crippen molar-refractivity contribution >= 4 is 109 Å². The number of nitrogens with two attached hydrogens (primary N) is 2. The summed E-state index contributed by atoms with van der Waals surface area (Å²) >= 11 is 5.44. The first-order chi connectivity index (χ1) is 45.2. The van der Waals surface area contributed by atoms with Gasteiger partial charge in [0.2, 0.25) is 35.4 Å². The van der Waals surface area contributed by atoms with Crippen molar-refractivity contribution in [2.24, 2.45) is 16.9 Å². The highest BCUT2D eigenvalue weighted by Crippen LogP contribution is 2.31. The second kappa shape index (κ2) is 39.5. The molecule has 516 valence electrons. The summed E-state index contributed by atoms with van der Waals surface area (Å²) in [6.45, 7) is 9.31. The van der Waals surface area contributed by atoms with Gasteiger partial charge in [-0.3, -0.25) is 38.4 Å². The molecular weight excluding hydrogens is 1280 g/mol. The van der Waals surface area contributed by atoms with Crippen molar-refractivity contribution in [3.63, 3.8) is 0 Å². The molecular formula is C65H88N12O15S3. The molecule has 30 heteroatoms. The molecule has 9 atom stereocenters. The Balaban J connectivity index is 1.41. The van der Waals surface area contributed by atoms with Crippen LogP contribution in [0.1, 0.15) is 82.6 Å². The molecule has 0 aliphatic carbocycles. The Morgan fingerprint density at radius 1 is 0.621 bits per heavy atom. The first-order valence-corrected chi connectivity index (χ1v) is 33.5. The van der Waals surface area contributed by atoms with Gasteiger partial charge in [0.15, 0.2) is 21.9 Å². The summed E-state index contributed by atoms with van der Waals surface area (Å²) in [6.07, 6.45) is -0.417. The number of para-hydroxylation sites is 1. The van der Waals surface area contributed by atoms with Crippen LogP contribution in [-0.4, -0.2) is 176 Å². The summed E-state index contributed by atoms with van der Waals surface area (Å²) in [5.41, 5.74) is 15.8. The minimum atomic E-state index is -1.90. The van der Waals surface area contributed by atoms with Gasteiger partial charge in [0.1, 0.15) is 36.5 Å². The van der Waals surface area contributed by atoms with E-state index in [1.165, 1.54) is 36.8 Å². The summed E-state index contributed by atoms with van der Waals surface area (Å²) in [6, 6.07) is 21.7. The Labute approximate surface area is 564 Å². The lowest BCUT2D eigenvalue weighted by molar-refractivity contribution is -0.144. The molecule has 4 aromatic carbocycles. The number of aliphatic hydroxyl groups is 2. The number of rotatable bonds is 40. The summed E-state index contributed by atoms with van der Waals surface area (Å²) < 4.78 is 11.3. The van der Waals surface area contributed by atoms with Gasteiger partial charge in [0, 0.05) is 48.6 Å². The molecule has 0 aliphatic heterocycles. The zero-order valence-corrected chi connectivity index (χ0v) is 56.1. The number of phenols is 1. The Bertz CT molecular complexity index is 3340. The van der Waals surface area contributed by atoms with Crippen LogP contribution in [0.2, 0.25) is 0 Å². The van der Waals surface area contributed by atoms with Gasteiger partial charge in [-0.2, -0.15) is 0 Å². The number of ether oxygens (including phenoxy) is 2. The van der Waals surface area contributed by atoms with Gasteiger partial charge in [-0.15, -0.1) is 0 Å². The summed E-state index contributed by atoms with van der Waals surface area (Å²) in [5.74, 6) is -9.37. The predicted molar refractivity (Wildman–Crippen MR) is 366 cm³/mol. The number of primary amides is 1. The van der Waals surface area contributed by atoms with Gasteiger partial charge < -0.3 is 94.2 Å². The number of phenolic OH excluding ortho intramolecular Hbond substituents is 1. The number of anilines is 1. The quantitative estimate of drug-likeness (QED) is 0.0115. The number of nitrogens with one attached hydrogen (secondary N) is 10. The molecule has 0 spiro atoms. The maximum atomic E-state index is 15.1. The number of unbranched alkanes of at least 4 members (excludes halogenated alkanes) is 1. The molecule has 0 bridgehead atoms. The average Bonchev–Trinajstić information content (AvgIpc) is 1.75. The third kappa shape index (κ3) is 28.2. The van der Waals surface area contributed by atoms with E-state index in [1.807, 2.05) is 24.3 Å². The number of aliphatic hydroxyl groups excluding tert-OH is 2. The van der Waals surface area contributed by atoms with Crippen LogP contribution in [-0.2, 0) is 78.3 Å². The van der Waals surface area contributed by atoms with Gasteiger partial charge in [-0.25, -0.2) is 4.79 Å². The molecule has 0 fully saturated rings. The van der Waals surface area contributed by atoms with Crippen molar-refractivity contribution in [2.75, 3.05) is 44.8 Å². The first kappa shape index (κ1) is 77.3. The Kier molecular flexibility index (Phi) is 32.2. The van der Waals surface area contributed by atoms with Crippen molar-refractivity contribution in [1.29, 1.82) is 0 Å². The van der Waals surface area contributed by atoms with Crippen LogP contribution in [0.4, 0.5) is 5.69 Å². The zero-order chi connectivity index (χ0) is 69.6. The Morgan fingerprint density at radius 3 is 1.80 bits per heavy atom. The second-order valence-corrected chi connectivity index (χ2v) is 26.6. The third-order valence-corrected chi connectivity index (χ3v) is 17.1. The molecule has 0 saturated carbocycles. The number of fused-ring (bicyclic) bond motifs is 1. The predicted octanol–water partition coefficient (Wildman–Crippen LogP) is 2.05. The lowest BCUT2D eigenvalue weighted by Gasteiger charge is -2.28. The molecule has 95 heavy (non-hydrogen) atoms. The molecule has 1 aromatic heterocycles. The van der Waals surface area contributed by atoms with Gasteiger partial charge in [-0.05, 0) is 116 Å². The molecule has 18 N–H and O–H groups in total. The first-order valence-electron chi connectivity index (χ1n) is 30.9. The fraction of sp³-hybridized carbons (Fsp3) is 0.446. The van der Waals surface area contributed by atoms with Crippen LogP contribution in [0.15, 0.2) is 109 Å². The van der Waals surface area contributed by atoms with Crippen molar-refractivity contribution in [3.8, 4) is 5.75 Å².